The molecule has 2 nitrogen and oxygen atoms in total. The van der Waals surface area contributed by atoms with E-state index in [4.69, 9.17) is 9.40 Å². The van der Waals surface area contributed by atoms with Crippen LogP contribution in [-0.4, -0.2) is 4.98 Å². The smallest absolute Gasteiger partial charge is 0.227 e. The standard InChI is InChI=1S/C27H37NO/c1-3-5-7-9-10-12-13-22-15-18-24(19-16-22)27-28-25-21-23(14-11-8-6-4-2)17-20-26(25)29-27/h15-21H,3-14H2,1-2H3. The summed E-state index contributed by atoms with van der Waals surface area (Å²) in [4.78, 5) is 4.75. The number of benzene rings is 2. The fourth-order valence-corrected chi connectivity index (χ4v) is 3.93. The van der Waals surface area contributed by atoms with Gasteiger partial charge in [-0.3, -0.25) is 0 Å². The highest BCUT2D eigenvalue weighted by molar-refractivity contribution is 5.77. The van der Waals surface area contributed by atoms with Crippen molar-refractivity contribution < 1.29 is 4.42 Å². The summed E-state index contributed by atoms with van der Waals surface area (Å²) >= 11 is 0. The summed E-state index contributed by atoms with van der Waals surface area (Å²) < 4.78 is 6.02. The first-order valence-corrected chi connectivity index (χ1v) is 11.8. The summed E-state index contributed by atoms with van der Waals surface area (Å²) in [6.45, 7) is 4.52. The van der Waals surface area contributed by atoms with E-state index in [1.165, 1.54) is 81.8 Å². The van der Waals surface area contributed by atoms with E-state index in [1.54, 1.807) is 0 Å². The SMILES string of the molecule is CCCCCCCCc1ccc(-c2nc3cc(CCCCCC)ccc3o2)cc1. The van der Waals surface area contributed by atoms with Gasteiger partial charge in [-0.2, -0.15) is 0 Å². The molecule has 0 spiro atoms. The van der Waals surface area contributed by atoms with Crippen molar-refractivity contribution in [3.05, 3.63) is 53.6 Å². The fourth-order valence-electron chi connectivity index (χ4n) is 3.93. The number of nitrogens with zero attached hydrogens (tertiary/aromatic N) is 1. The van der Waals surface area contributed by atoms with Crippen LogP contribution >= 0.6 is 0 Å². The molecule has 0 aliphatic carbocycles. The lowest BCUT2D eigenvalue weighted by Gasteiger charge is -2.03. The normalized spacial score (nSPS) is 11.4. The Morgan fingerprint density at radius 2 is 1.24 bits per heavy atom. The topological polar surface area (TPSA) is 26.0 Å². The van der Waals surface area contributed by atoms with E-state index in [-0.39, 0.29) is 0 Å². The Kier molecular flexibility index (Phi) is 8.80. The van der Waals surface area contributed by atoms with Crippen molar-refractivity contribution in [2.24, 2.45) is 0 Å². The largest absolute Gasteiger partial charge is 0.436 e. The quantitative estimate of drug-likeness (QED) is 0.273. The average Bonchev–Trinajstić information content (AvgIpc) is 3.17. The highest BCUT2D eigenvalue weighted by atomic mass is 16.3. The molecule has 0 unspecified atom stereocenters. The molecule has 3 aromatic rings. The Morgan fingerprint density at radius 3 is 1.97 bits per heavy atom. The van der Waals surface area contributed by atoms with Gasteiger partial charge in [0.1, 0.15) is 5.52 Å². The maximum absolute atomic E-state index is 6.02. The molecular weight excluding hydrogens is 354 g/mol. The van der Waals surface area contributed by atoms with Crippen LogP contribution in [0.5, 0.6) is 0 Å². The molecule has 2 aromatic carbocycles. The molecule has 0 fully saturated rings. The van der Waals surface area contributed by atoms with Crippen LogP contribution in [0.1, 0.15) is 89.2 Å². The predicted octanol–water partition coefficient (Wildman–Crippen LogP) is 8.52. The molecule has 0 N–H and O–H groups in total. The summed E-state index contributed by atoms with van der Waals surface area (Å²) in [6.07, 6.45) is 15.5. The minimum Gasteiger partial charge on any atom is -0.436 e. The number of oxazole rings is 1. The molecule has 0 saturated carbocycles. The third-order valence-corrected chi connectivity index (χ3v) is 5.79. The number of hydrogen-bond donors (Lipinski definition) is 0. The Bertz CT molecular complexity index is 847. The first-order chi connectivity index (χ1) is 14.3. The van der Waals surface area contributed by atoms with Crippen molar-refractivity contribution in [2.75, 3.05) is 0 Å². The summed E-state index contributed by atoms with van der Waals surface area (Å²) in [5, 5.41) is 0. The highest BCUT2D eigenvalue weighted by Gasteiger charge is 2.09. The minimum atomic E-state index is 0.731. The second-order valence-electron chi connectivity index (χ2n) is 8.35. The van der Waals surface area contributed by atoms with Crippen LogP contribution in [0.25, 0.3) is 22.6 Å². The average molecular weight is 392 g/mol. The molecule has 0 aliphatic heterocycles. The molecule has 29 heavy (non-hydrogen) atoms. The van der Waals surface area contributed by atoms with Crippen LogP contribution in [0, 0.1) is 0 Å². The van der Waals surface area contributed by atoms with Crippen LogP contribution in [0.3, 0.4) is 0 Å². The van der Waals surface area contributed by atoms with Gasteiger partial charge in [0, 0.05) is 5.56 Å². The fraction of sp³-hybridized carbons (Fsp3) is 0.519. The summed E-state index contributed by atoms with van der Waals surface area (Å²) in [5.41, 5.74) is 5.70. The molecular formula is C27H37NO. The van der Waals surface area contributed by atoms with Gasteiger partial charge in [0.05, 0.1) is 0 Å². The van der Waals surface area contributed by atoms with Gasteiger partial charge in [-0.25, -0.2) is 4.98 Å². The van der Waals surface area contributed by atoms with Crippen molar-refractivity contribution in [3.8, 4) is 11.5 Å². The maximum atomic E-state index is 6.02. The molecule has 0 aliphatic rings. The van der Waals surface area contributed by atoms with Gasteiger partial charge in [0.25, 0.3) is 0 Å². The first kappa shape index (κ1) is 21.6. The Morgan fingerprint density at radius 1 is 0.655 bits per heavy atom. The zero-order chi connectivity index (χ0) is 20.3. The third-order valence-electron chi connectivity index (χ3n) is 5.79. The maximum Gasteiger partial charge on any atom is 0.227 e. The van der Waals surface area contributed by atoms with E-state index in [2.05, 4.69) is 56.3 Å². The van der Waals surface area contributed by atoms with Gasteiger partial charge in [0.15, 0.2) is 5.58 Å². The number of aromatic nitrogens is 1. The number of unbranched alkanes of at least 4 members (excludes halogenated alkanes) is 8. The Labute approximate surface area is 176 Å². The van der Waals surface area contributed by atoms with E-state index in [9.17, 15) is 0 Å². The van der Waals surface area contributed by atoms with Crippen LogP contribution in [0.15, 0.2) is 46.9 Å². The second-order valence-corrected chi connectivity index (χ2v) is 8.35. The van der Waals surface area contributed by atoms with Crippen molar-refractivity contribution in [3.63, 3.8) is 0 Å². The molecule has 3 rings (SSSR count). The summed E-state index contributed by atoms with van der Waals surface area (Å²) in [7, 11) is 0. The van der Waals surface area contributed by atoms with Crippen LogP contribution in [-0.2, 0) is 12.8 Å². The lowest BCUT2D eigenvalue weighted by Crippen LogP contribution is -1.87. The minimum absolute atomic E-state index is 0.731. The lowest BCUT2D eigenvalue weighted by molar-refractivity contribution is 0.607. The van der Waals surface area contributed by atoms with Crippen molar-refractivity contribution >= 4 is 11.1 Å². The predicted molar refractivity (Wildman–Crippen MR) is 124 cm³/mol. The molecule has 156 valence electrons. The van der Waals surface area contributed by atoms with Crippen molar-refractivity contribution in [1.29, 1.82) is 0 Å². The second kappa shape index (κ2) is 11.8. The van der Waals surface area contributed by atoms with Gasteiger partial charge in [-0.05, 0) is 61.1 Å². The molecule has 0 saturated heterocycles. The third kappa shape index (κ3) is 6.73. The molecule has 0 bridgehead atoms. The molecule has 0 atom stereocenters. The number of rotatable bonds is 13. The number of aryl methyl sites for hydroxylation is 2. The molecule has 2 heteroatoms. The zero-order valence-corrected chi connectivity index (χ0v) is 18.4. The number of fused-ring (bicyclic) bond motifs is 1. The van der Waals surface area contributed by atoms with Gasteiger partial charge in [-0.15, -0.1) is 0 Å². The van der Waals surface area contributed by atoms with Crippen molar-refractivity contribution in [1.82, 2.24) is 4.98 Å². The Balaban J connectivity index is 1.55. The van der Waals surface area contributed by atoms with E-state index in [1.807, 2.05) is 0 Å². The number of hydrogen-bond acceptors (Lipinski definition) is 2. The van der Waals surface area contributed by atoms with Crippen LogP contribution in [0.4, 0.5) is 0 Å². The van der Waals surface area contributed by atoms with Crippen LogP contribution < -0.4 is 0 Å². The summed E-state index contributed by atoms with van der Waals surface area (Å²) in [5.74, 6) is 0.731. The molecule has 0 amide bonds. The highest BCUT2D eigenvalue weighted by Crippen LogP contribution is 2.26. The van der Waals surface area contributed by atoms with Crippen LogP contribution in [0.2, 0.25) is 0 Å². The monoisotopic (exact) mass is 391 g/mol. The first-order valence-electron chi connectivity index (χ1n) is 11.8. The van der Waals surface area contributed by atoms with E-state index < -0.39 is 0 Å². The summed E-state index contributed by atoms with van der Waals surface area (Å²) in [6, 6.07) is 15.2. The molecule has 1 aromatic heterocycles. The molecule has 0 radical (unpaired) electrons. The van der Waals surface area contributed by atoms with Crippen molar-refractivity contribution in [2.45, 2.75) is 90.9 Å². The molecule has 1 heterocycles. The van der Waals surface area contributed by atoms with E-state index in [0.717, 1.165) is 29.0 Å². The van der Waals surface area contributed by atoms with Gasteiger partial charge in [-0.1, -0.05) is 83.4 Å². The van der Waals surface area contributed by atoms with E-state index in [0.29, 0.717) is 0 Å². The van der Waals surface area contributed by atoms with Gasteiger partial charge >= 0.3 is 0 Å². The van der Waals surface area contributed by atoms with Gasteiger partial charge < -0.3 is 4.42 Å². The van der Waals surface area contributed by atoms with Gasteiger partial charge in [0.2, 0.25) is 5.89 Å². The Hall–Kier alpha value is -2.09. The zero-order valence-electron chi connectivity index (χ0n) is 18.4. The lowest BCUT2D eigenvalue weighted by atomic mass is 10.0. The van der Waals surface area contributed by atoms with E-state index >= 15 is 0 Å².